The minimum Gasteiger partial charge on any atom is -0.486 e. The Balaban J connectivity index is 1.60. The van der Waals surface area contributed by atoms with Gasteiger partial charge in [-0.05, 0) is 36.2 Å². The fourth-order valence-electron chi connectivity index (χ4n) is 2.50. The molecule has 24 heavy (non-hydrogen) atoms. The average molecular weight is 338 g/mol. The smallest absolute Gasteiger partial charge is 0.404 e. The number of hydrogen-bond donors (Lipinski definition) is 1. The Morgan fingerprint density at radius 3 is 2.54 bits per heavy atom. The maximum Gasteiger partial charge on any atom is 0.404 e. The van der Waals surface area contributed by atoms with Crippen LogP contribution in [0, 0.1) is 0 Å². The standard InChI is InChI=1S/C17H17F3N2O2/c18-17(19,20)16(9-12-5-7-21-8-6-12)22-10-13-11-23-14-3-1-2-4-15(14)24-13/h1-8,13,16,22H,9-11H2/t13-,16+/m1/s1. The number of pyridine rings is 1. The van der Waals surface area contributed by atoms with Gasteiger partial charge in [0, 0.05) is 18.9 Å². The molecule has 0 aliphatic carbocycles. The molecule has 0 fully saturated rings. The van der Waals surface area contributed by atoms with E-state index in [1.54, 1.807) is 30.3 Å². The van der Waals surface area contributed by atoms with E-state index in [0.29, 0.717) is 17.1 Å². The lowest BCUT2D eigenvalue weighted by Crippen LogP contribution is -2.49. The van der Waals surface area contributed by atoms with E-state index >= 15 is 0 Å². The molecule has 128 valence electrons. The lowest BCUT2D eigenvalue weighted by atomic mass is 10.1. The normalized spacial score (nSPS) is 18.2. The van der Waals surface area contributed by atoms with E-state index in [-0.39, 0.29) is 19.6 Å². The first kappa shape index (κ1) is 16.6. The van der Waals surface area contributed by atoms with E-state index in [0.717, 1.165) is 0 Å². The number of rotatable bonds is 5. The SMILES string of the molecule is FC(F)(F)[C@H](Cc1ccncc1)NC[C@@H]1COc2ccccc2O1. The van der Waals surface area contributed by atoms with E-state index in [2.05, 4.69) is 10.3 Å². The molecule has 0 bridgehead atoms. The zero-order valence-electron chi connectivity index (χ0n) is 12.8. The molecule has 7 heteroatoms. The van der Waals surface area contributed by atoms with Gasteiger partial charge in [0.2, 0.25) is 0 Å². The fraction of sp³-hybridized carbons (Fsp3) is 0.353. The third kappa shape index (κ3) is 4.17. The Hall–Kier alpha value is -2.28. The van der Waals surface area contributed by atoms with Crippen molar-refractivity contribution in [2.24, 2.45) is 0 Å². The van der Waals surface area contributed by atoms with E-state index in [9.17, 15) is 13.2 Å². The van der Waals surface area contributed by atoms with Crippen molar-refractivity contribution in [3.8, 4) is 11.5 Å². The van der Waals surface area contributed by atoms with Crippen LogP contribution < -0.4 is 14.8 Å². The summed E-state index contributed by atoms with van der Waals surface area (Å²) in [5, 5.41) is 2.56. The monoisotopic (exact) mass is 338 g/mol. The van der Waals surface area contributed by atoms with Crippen LogP contribution in [0.25, 0.3) is 0 Å². The molecule has 2 atom stereocenters. The van der Waals surface area contributed by atoms with E-state index in [1.807, 2.05) is 6.07 Å². The molecule has 0 amide bonds. The Kier molecular flexibility index (Phi) is 4.89. The van der Waals surface area contributed by atoms with Gasteiger partial charge in [-0.1, -0.05) is 12.1 Å². The number of nitrogens with one attached hydrogen (secondary N) is 1. The molecular weight excluding hydrogens is 321 g/mol. The van der Waals surface area contributed by atoms with E-state index < -0.39 is 18.3 Å². The van der Waals surface area contributed by atoms with Crippen molar-refractivity contribution in [1.82, 2.24) is 10.3 Å². The zero-order valence-corrected chi connectivity index (χ0v) is 12.8. The number of para-hydroxylation sites is 2. The van der Waals surface area contributed by atoms with Crippen LogP contribution in [0.5, 0.6) is 11.5 Å². The molecule has 0 saturated carbocycles. The summed E-state index contributed by atoms with van der Waals surface area (Å²) < 4.78 is 50.9. The van der Waals surface area contributed by atoms with Gasteiger partial charge < -0.3 is 14.8 Å². The van der Waals surface area contributed by atoms with Gasteiger partial charge in [-0.2, -0.15) is 13.2 Å². The molecule has 0 unspecified atom stereocenters. The van der Waals surface area contributed by atoms with Crippen LogP contribution in [0.3, 0.4) is 0 Å². The quantitative estimate of drug-likeness (QED) is 0.910. The van der Waals surface area contributed by atoms with Crippen LogP contribution in [0.15, 0.2) is 48.8 Å². The van der Waals surface area contributed by atoms with Crippen LogP contribution in [0.1, 0.15) is 5.56 Å². The molecule has 3 rings (SSSR count). The molecule has 1 N–H and O–H groups in total. The minimum absolute atomic E-state index is 0.0452. The van der Waals surface area contributed by atoms with Gasteiger partial charge >= 0.3 is 6.18 Å². The van der Waals surface area contributed by atoms with Crippen molar-refractivity contribution in [3.05, 3.63) is 54.4 Å². The van der Waals surface area contributed by atoms with Crippen molar-refractivity contribution in [2.75, 3.05) is 13.2 Å². The summed E-state index contributed by atoms with van der Waals surface area (Å²) in [7, 11) is 0. The van der Waals surface area contributed by atoms with Gasteiger partial charge in [0.05, 0.1) is 0 Å². The van der Waals surface area contributed by atoms with Crippen molar-refractivity contribution in [3.63, 3.8) is 0 Å². The summed E-state index contributed by atoms with van der Waals surface area (Å²) in [4.78, 5) is 3.82. The van der Waals surface area contributed by atoms with Crippen LogP contribution in [0.4, 0.5) is 13.2 Å². The lowest BCUT2D eigenvalue weighted by Gasteiger charge is -2.29. The summed E-state index contributed by atoms with van der Waals surface area (Å²) >= 11 is 0. The summed E-state index contributed by atoms with van der Waals surface area (Å²) in [6, 6.07) is 8.62. The fourth-order valence-corrected chi connectivity index (χ4v) is 2.50. The number of aromatic nitrogens is 1. The highest BCUT2D eigenvalue weighted by Gasteiger charge is 2.39. The maximum atomic E-state index is 13.2. The molecule has 1 aromatic carbocycles. The van der Waals surface area contributed by atoms with Gasteiger partial charge in [0.15, 0.2) is 11.5 Å². The third-order valence-corrected chi connectivity index (χ3v) is 3.74. The van der Waals surface area contributed by atoms with Crippen molar-refractivity contribution in [1.29, 1.82) is 0 Å². The molecule has 0 radical (unpaired) electrons. The molecule has 1 aliphatic rings. The second-order valence-corrected chi connectivity index (χ2v) is 5.56. The first-order chi connectivity index (χ1) is 11.5. The predicted octanol–water partition coefficient (Wildman–Crippen LogP) is 2.98. The average Bonchev–Trinajstić information content (AvgIpc) is 2.58. The number of hydrogen-bond acceptors (Lipinski definition) is 4. The van der Waals surface area contributed by atoms with Gasteiger partial charge in [0.25, 0.3) is 0 Å². The summed E-state index contributed by atoms with van der Waals surface area (Å²) in [6.07, 6.45) is -2.01. The first-order valence-corrected chi connectivity index (χ1v) is 7.60. The summed E-state index contributed by atoms with van der Waals surface area (Å²) in [5.74, 6) is 1.16. The zero-order chi connectivity index (χ0) is 17.0. The van der Waals surface area contributed by atoms with Crippen molar-refractivity contribution in [2.45, 2.75) is 24.7 Å². The first-order valence-electron chi connectivity index (χ1n) is 7.60. The maximum absolute atomic E-state index is 13.2. The molecule has 1 aromatic heterocycles. The molecule has 2 heterocycles. The number of ether oxygens (including phenoxy) is 2. The van der Waals surface area contributed by atoms with Gasteiger partial charge in [-0.3, -0.25) is 4.98 Å². The summed E-state index contributed by atoms with van der Waals surface area (Å²) in [6.45, 7) is 0.257. The predicted molar refractivity (Wildman–Crippen MR) is 82.1 cm³/mol. The van der Waals surface area contributed by atoms with Crippen molar-refractivity contribution >= 4 is 0 Å². The van der Waals surface area contributed by atoms with Crippen LogP contribution >= 0.6 is 0 Å². The van der Waals surface area contributed by atoms with E-state index in [4.69, 9.17) is 9.47 Å². The molecule has 0 spiro atoms. The molecule has 4 nitrogen and oxygen atoms in total. The van der Waals surface area contributed by atoms with Crippen molar-refractivity contribution < 1.29 is 22.6 Å². The van der Waals surface area contributed by atoms with Gasteiger partial charge in [-0.15, -0.1) is 0 Å². The van der Waals surface area contributed by atoms with Crippen LogP contribution in [-0.2, 0) is 6.42 Å². The van der Waals surface area contributed by atoms with Crippen LogP contribution in [0.2, 0.25) is 0 Å². The second-order valence-electron chi connectivity index (χ2n) is 5.56. The van der Waals surface area contributed by atoms with Gasteiger partial charge in [-0.25, -0.2) is 0 Å². The topological polar surface area (TPSA) is 43.4 Å². The minimum atomic E-state index is -4.35. The molecule has 2 aromatic rings. The lowest BCUT2D eigenvalue weighted by molar-refractivity contribution is -0.156. The highest BCUT2D eigenvalue weighted by molar-refractivity contribution is 5.40. The van der Waals surface area contributed by atoms with Crippen LogP contribution in [-0.4, -0.2) is 36.5 Å². The Bertz CT molecular complexity index is 664. The third-order valence-electron chi connectivity index (χ3n) is 3.74. The summed E-state index contributed by atoms with van der Waals surface area (Å²) in [5.41, 5.74) is 0.575. The van der Waals surface area contributed by atoms with Gasteiger partial charge in [0.1, 0.15) is 18.8 Å². The van der Waals surface area contributed by atoms with E-state index in [1.165, 1.54) is 12.4 Å². The number of halogens is 3. The number of fused-ring (bicyclic) bond motifs is 1. The Labute approximate surface area is 137 Å². The molecular formula is C17H17F3N2O2. The number of benzene rings is 1. The molecule has 0 saturated heterocycles. The second kappa shape index (κ2) is 7.09. The molecule has 1 aliphatic heterocycles. The number of nitrogens with zero attached hydrogens (tertiary/aromatic N) is 1. The Morgan fingerprint density at radius 2 is 1.83 bits per heavy atom. The largest absolute Gasteiger partial charge is 0.486 e. The number of alkyl halides is 3. The highest BCUT2D eigenvalue weighted by atomic mass is 19.4. The Morgan fingerprint density at radius 1 is 1.12 bits per heavy atom. The highest BCUT2D eigenvalue weighted by Crippen LogP contribution is 2.31.